The Morgan fingerprint density at radius 3 is 2.51 bits per heavy atom. The number of methoxy groups -OCH3 is 1. The third-order valence-electron chi connectivity index (χ3n) is 6.95. The van der Waals surface area contributed by atoms with Crippen LogP contribution in [0.15, 0.2) is 85.2 Å². The maximum atomic E-state index is 12.7. The highest BCUT2D eigenvalue weighted by Crippen LogP contribution is 2.44. The van der Waals surface area contributed by atoms with Crippen LogP contribution in [0.4, 0.5) is 11.4 Å². The SMILES string of the molecule is COc1cc(N2C(=S)N[C@@H](c3ccccn3)[C@H]2c2cccn2-c2cccc(C(=O)O)c2)ccc1NC(=O)C(C)(C)C. The molecule has 2 aromatic carbocycles. The van der Waals surface area contributed by atoms with Crippen LogP contribution in [-0.4, -0.2) is 38.8 Å². The Bertz CT molecular complexity index is 1610. The molecule has 1 fully saturated rings. The van der Waals surface area contributed by atoms with Gasteiger partial charge < -0.3 is 29.9 Å². The number of nitrogens with one attached hydrogen (secondary N) is 2. The van der Waals surface area contributed by atoms with E-state index in [0.717, 1.165) is 17.1 Å². The summed E-state index contributed by atoms with van der Waals surface area (Å²) in [5, 5.41) is 16.5. The summed E-state index contributed by atoms with van der Waals surface area (Å²) in [6.07, 6.45) is 3.64. The molecule has 2 atom stereocenters. The van der Waals surface area contributed by atoms with Crippen molar-refractivity contribution >= 4 is 40.6 Å². The van der Waals surface area contributed by atoms with Gasteiger partial charge in [-0.2, -0.15) is 0 Å². The van der Waals surface area contributed by atoms with Crippen LogP contribution in [0.25, 0.3) is 5.69 Å². The van der Waals surface area contributed by atoms with Gasteiger partial charge in [-0.1, -0.05) is 32.9 Å². The number of thiocarbonyl (C=S) groups is 1. The van der Waals surface area contributed by atoms with E-state index in [1.807, 2.05) is 85.0 Å². The number of carbonyl (C=O) groups is 2. The van der Waals surface area contributed by atoms with Crippen LogP contribution in [0.5, 0.6) is 5.75 Å². The lowest BCUT2D eigenvalue weighted by Crippen LogP contribution is -2.30. The number of anilines is 2. The second kappa shape index (κ2) is 11.1. The Morgan fingerprint density at radius 1 is 1.02 bits per heavy atom. The van der Waals surface area contributed by atoms with E-state index in [-0.39, 0.29) is 23.6 Å². The Balaban J connectivity index is 1.62. The number of aromatic carboxylic acids is 1. The van der Waals surface area contributed by atoms with Crippen molar-refractivity contribution in [3.63, 3.8) is 0 Å². The molecule has 0 saturated carbocycles. The van der Waals surface area contributed by atoms with Crippen LogP contribution in [0, 0.1) is 5.41 Å². The summed E-state index contributed by atoms with van der Waals surface area (Å²) in [5.41, 5.74) is 3.31. The van der Waals surface area contributed by atoms with E-state index in [1.54, 1.807) is 37.6 Å². The van der Waals surface area contributed by atoms with Gasteiger partial charge in [-0.15, -0.1) is 0 Å². The minimum atomic E-state index is -0.997. The highest BCUT2D eigenvalue weighted by Gasteiger charge is 2.42. The van der Waals surface area contributed by atoms with Crippen molar-refractivity contribution in [3.8, 4) is 11.4 Å². The van der Waals surface area contributed by atoms with Gasteiger partial charge in [-0.3, -0.25) is 9.78 Å². The number of benzene rings is 2. The number of ether oxygens (including phenoxy) is 1. The predicted octanol–water partition coefficient (Wildman–Crippen LogP) is 5.74. The smallest absolute Gasteiger partial charge is 0.335 e. The molecule has 5 rings (SSSR count). The average molecular weight is 570 g/mol. The number of rotatable bonds is 7. The Hall–Kier alpha value is -4.70. The molecule has 1 amide bonds. The number of hydrogen-bond donors (Lipinski definition) is 3. The molecule has 0 bridgehead atoms. The first kappa shape index (κ1) is 27.9. The lowest BCUT2D eigenvalue weighted by Gasteiger charge is -2.29. The third kappa shape index (κ3) is 5.51. The molecule has 0 radical (unpaired) electrons. The summed E-state index contributed by atoms with van der Waals surface area (Å²) in [4.78, 5) is 31.0. The largest absolute Gasteiger partial charge is 0.494 e. The number of carboxylic acid groups (broad SMARTS) is 1. The fraction of sp³-hybridized carbons (Fsp3) is 0.226. The monoisotopic (exact) mass is 569 g/mol. The molecule has 9 nitrogen and oxygen atoms in total. The van der Waals surface area contributed by atoms with Crippen LogP contribution in [0.1, 0.15) is 54.6 Å². The van der Waals surface area contributed by atoms with Crippen molar-refractivity contribution in [2.75, 3.05) is 17.3 Å². The number of carbonyl (C=O) groups excluding carboxylic acids is 1. The van der Waals surface area contributed by atoms with Gasteiger partial charge in [0.25, 0.3) is 0 Å². The van der Waals surface area contributed by atoms with Crippen LogP contribution < -0.4 is 20.3 Å². The molecule has 1 aliphatic rings. The van der Waals surface area contributed by atoms with Crippen LogP contribution >= 0.6 is 12.2 Å². The highest BCUT2D eigenvalue weighted by molar-refractivity contribution is 7.80. The first-order valence-corrected chi connectivity index (χ1v) is 13.5. The fourth-order valence-corrected chi connectivity index (χ4v) is 5.18. The highest BCUT2D eigenvalue weighted by atomic mass is 32.1. The molecule has 1 saturated heterocycles. The van der Waals surface area contributed by atoms with E-state index in [9.17, 15) is 14.7 Å². The van der Waals surface area contributed by atoms with Crippen molar-refractivity contribution in [2.45, 2.75) is 32.9 Å². The number of aromatic nitrogens is 2. The molecular weight excluding hydrogens is 538 g/mol. The Labute approximate surface area is 243 Å². The van der Waals surface area contributed by atoms with Gasteiger partial charge in [0.2, 0.25) is 5.91 Å². The molecule has 41 heavy (non-hydrogen) atoms. The lowest BCUT2D eigenvalue weighted by molar-refractivity contribution is -0.123. The van der Waals surface area contributed by atoms with E-state index < -0.39 is 11.4 Å². The van der Waals surface area contributed by atoms with E-state index >= 15 is 0 Å². The van der Waals surface area contributed by atoms with Crippen molar-refractivity contribution in [1.82, 2.24) is 14.9 Å². The van der Waals surface area contributed by atoms with E-state index in [0.29, 0.717) is 22.2 Å². The zero-order valence-corrected chi connectivity index (χ0v) is 24.0. The Kier molecular flexibility index (Phi) is 7.51. The van der Waals surface area contributed by atoms with Crippen molar-refractivity contribution in [1.29, 1.82) is 0 Å². The molecule has 210 valence electrons. The second-order valence-electron chi connectivity index (χ2n) is 10.7. The van der Waals surface area contributed by atoms with Gasteiger partial charge in [-0.25, -0.2) is 4.79 Å². The number of pyridine rings is 1. The molecule has 2 aromatic heterocycles. The zero-order chi connectivity index (χ0) is 29.3. The summed E-state index contributed by atoms with van der Waals surface area (Å²) in [6, 6.07) is 21.3. The maximum Gasteiger partial charge on any atom is 0.335 e. The maximum absolute atomic E-state index is 12.7. The predicted molar refractivity (Wildman–Crippen MR) is 162 cm³/mol. The van der Waals surface area contributed by atoms with E-state index in [2.05, 4.69) is 15.6 Å². The van der Waals surface area contributed by atoms with E-state index in [4.69, 9.17) is 17.0 Å². The number of nitrogens with zero attached hydrogens (tertiary/aromatic N) is 3. The number of amides is 1. The lowest BCUT2D eigenvalue weighted by atomic mass is 9.95. The molecule has 0 unspecified atom stereocenters. The molecule has 0 aliphatic carbocycles. The van der Waals surface area contributed by atoms with Gasteiger partial charge in [0.1, 0.15) is 11.8 Å². The topological polar surface area (TPSA) is 109 Å². The summed E-state index contributed by atoms with van der Waals surface area (Å²) < 4.78 is 7.65. The van der Waals surface area contributed by atoms with Crippen molar-refractivity contribution in [3.05, 3.63) is 102 Å². The standard InChI is InChI=1S/C31H31N5O4S/c1-31(2,3)29(39)33-22-14-13-21(18-25(22)40-4)36-27(26(34-30(36)41)23-11-5-6-15-32-23)24-12-8-16-35(24)20-10-7-9-19(17-20)28(37)38/h5-18,26-27H,1-4H3,(H,33,39)(H,34,41)(H,37,38)/t26-,27+/m0/s1. The fourth-order valence-electron chi connectivity index (χ4n) is 4.84. The molecule has 1 aliphatic heterocycles. The van der Waals surface area contributed by atoms with Crippen LogP contribution in [0.3, 0.4) is 0 Å². The molecule has 0 spiro atoms. The van der Waals surface area contributed by atoms with Gasteiger partial charge >= 0.3 is 5.97 Å². The summed E-state index contributed by atoms with van der Waals surface area (Å²) >= 11 is 5.89. The van der Waals surface area contributed by atoms with Crippen molar-refractivity contribution < 1.29 is 19.4 Å². The second-order valence-corrected chi connectivity index (χ2v) is 11.1. The van der Waals surface area contributed by atoms with Crippen LogP contribution in [-0.2, 0) is 4.79 Å². The molecule has 4 aromatic rings. The number of carboxylic acids is 1. The number of hydrogen-bond acceptors (Lipinski definition) is 5. The Morgan fingerprint density at radius 2 is 1.83 bits per heavy atom. The molecule has 3 heterocycles. The van der Waals surface area contributed by atoms with Gasteiger partial charge in [0, 0.05) is 40.9 Å². The van der Waals surface area contributed by atoms with Crippen molar-refractivity contribution in [2.24, 2.45) is 5.41 Å². The quantitative estimate of drug-likeness (QED) is 0.242. The van der Waals surface area contributed by atoms with Gasteiger partial charge in [-0.05, 0) is 66.8 Å². The van der Waals surface area contributed by atoms with Crippen LogP contribution in [0.2, 0.25) is 0 Å². The summed E-state index contributed by atoms with van der Waals surface area (Å²) in [7, 11) is 1.56. The normalized spacial score (nSPS) is 16.8. The first-order valence-electron chi connectivity index (χ1n) is 13.1. The first-order chi connectivity index (χ1) is 19.6. The van der Waals surface area contributed by atoms with E-state index in [1.165, 1.54) is 0 Å². The average Bonchev–Trinajstić information content (AvgIpc) is 3.57. The third-order valence-corrected chi connectivity index (χ3v) is 7.26. The van der Waals surface area contributed by atoms with Gasteiger partial charge in [0.15, 0.2) is 5.11 Å². The molecule has 3 N–H and O–H groups in total. The zero-order valence-electron chi connectivity index (χ0n) is 23.2. The van der Waals surface area contributed by atoms with Gasteiger partial charge in [0.05, 0.1) is 30.1 Å². The molecule has 10 heteroatoms. The summed E-state index contributed by atoms with van der Waals surface area (Å²) in [6.45, 7) is 5.55. The minimum absolute atomic E-state index is 0.128. The molecular formula is C31H31N5O4S. The minimum Gasteiger partial charge on any atom is -0.494 e. The summed E-state index contributed by atoms with van der Waals surface area (Å²) in [5.74, 6) is -0.633.